The third-order valence-electron chi connectivity index (χ3n) is 4.42. The van der Waals surface area contributed by atoms with Crippen LogP contribution in [0, 0.1) is 5.92 Å². The summed E-state index contributed by atoms with van der Waals surface area (Å²) in [6.45, 7) is 4.44. The number of rotatable bonds is 8. The highest BCUT2D eigenvalue weighted by molar-refractivity contribution is 7.99. The molecule has 0 saturated carbocycles. The van der Waals surface area contributed by atoms with Crippen LogP contribution in [-0.4, -0.2) is 51.1 Å². The number of thioether (sulfide) groups is 1. The average molecular weight is 353 g/mol. The van der Waals surface area contributed by atoms with Gasteiger partial charge in [-0.3, -0.25) is 4.79 Å². The largest absolute Gasteiger partial charge is 0.496 e. The van der Waals surface area contributed by atoms with Gasteiger partial charge in [0.05, 0.1) is 7.11 Å². The van der Waals surface area contributed by atoms with Crippen molar-refractivity contribution in [1.82, 2.24) is 10.6 Å². The molecule has 5 nitrogen and oxygen atoms in total. The highest BCUT2D eigenvalue weighted by atomic mass is 32.2. The Hall–Kier alpha value is -1.24. The van der Waals surface area contributed by atoms with E-state index in [-0.39, 0.29) is 5.91 Å². The number of methoxy groups -OCH3 is 2. The Morgan fingerprint density at radius 2 is 2.04 bits per heavy atom. The van der Waals surface area contributed by atoms with Crippen molar-refractivity contribution in [2.75, 3.05) is 39.6 Å². The topological polar surface area (TPSA) is 59.6 Å². The summed E-state index contributed by atoms with van der Waals surface area (Å²) < 4.78 is 10.9. The molecule has 0 spiro atoms. The molecule has 1 aromatic carbocycles. The minimum absolute atomic E-state index is 0.0145. The number of ether oxygens (including phenoxy) is 2. The first-order valence-electron chi connectivity index (χ1n) is 8.41. The van der Waals surface area contributed by atoms with Gasteiger partial charge in [0.15, 0.2) is 0 Å². The summed E-state index contributed by atoms with van der Waals surface area (Å²) in [6.07, 6.45) is 1.44. The fourth-order valence-corrected chi connectivity index (χ4v) is 3.86. The van der Waals surface area contributed by atoms with E-state index in [4.69, 9.17) is 9.47 Å². The Morgan fingerprint density at radius 1 is 1.33 bits per heavy atom. The maximum Gasteiger partial charge on any atom is 0.252 e. The Bertz CT molecular complexity index is 533. The van der Waals surface area contributed by atoms with Crippen LogP contribution in [0.5, 0.6) is 5.75 Å². The van der Waals surface area contributed by atoms with E-state index >= 15 is 0 Å². The van der Waals surface area contributed by atoms with Crippen molar-refractivity contribution >= 4 is 17.7 Å². The van der Waals surface area contributed by atoms with Crippen molar-refractivity contribution in [2.24, 2.45) is 5.92 Å². The molecule has 1 aliphatic heterocycles. The fraction of sp³-hybridized carbons (Fsp3) is 0.611. The third kappa shape index (κ3) is 4.88. The number of para-hydroxylation sites is 1. The molecule has 1 fully saturated rings. The molecule has 1 saturated heterocycles. The monoisotopic (exact) mass is 352 g/mol. The lowest BCUT2D eigenvalue weighted by Crippen LogP contribution is -2.54. The van der Waals surface area contributed by atoms with E-state index in [2.05, 4.69) is 23.6 Å². The zero-order valence-corrected chi connectivity index (χ0v) is 15.6. The van der Waals surface area contributed by atoms with E-state index in [1.54, 1.807) is 26.0 Å². The highest BCUT2D eigenvalue weighted by Gasteiger charge is 2.39. The molecule has 0 aromatic heterocycles. The van der Waals surface area contributed by atoms with Crippen molar-refractivity contribution in [3.63, 3.8) is 0 Å². The molecule has 134 valence electrons. The van der Waals surface area contributed by atoms with Crippen LogP contribution in [0.4, 0.5) is 0 Å². The molecule has 1 atom stereocenters. The van der Waals surface area contributed by atoms with Crippen molar-refractivity contribution in [3.05, 3.63) is 24.3 Å². The number of hydrogen-bond donors (Lipinski definition) is 2. The normalized spacial score (nSPS) is 18.0. The van der Waals surface area contributed by atoms with Gasteiger partial charge in [0.2, 0.25) is 0 Å². The van der Waals surface area contributed by atoms with Crippen LogP contribution in [0.15, 0.2) is 29.2 Å². The van der Waals surface area contributed by atoms with Crippen LogP contribution < -0.4 is 15.4 Å². The van der Waals surface area contributed by atoms with Gasteiger partial charge in [0.1, 0.15) is 11.4 Å². The summed E-state index contributed by atoms with van der Waals surface area (Å²) >= 11 is 1.75. The molecule has 1 aliphatic rings. The van der Waals surface area contributed by atoms with Crippen molar-refractivity contribution in [3.8, 4) is 5.75 Å². The number of piperidine rings is 1. The first kappa shape index (κ1) is 19.1. The average Bonchev–Trinajstić information content (AvgIpc) is 2.65. The molecular formula is C18H28N2O3S. The van der Waals surface area contributed by atoms with E-state index < -0.39 is 5.60 Å². The molecule has 1 amide bonds. The summed E-state index contributed by atoms with van der Waals surface area (Å²) in [6, 6.07) is 8.00. The minimum Gasteiger partial charge on any atom is -0.496 e. The first-order chi connectivity index (χ1) is 11.6. The molecule has 0 bridgehead atoms. The molecule has 0 aliphatic carbocycles. The number of carbonyl (C=O) groups is 1. The smallest absolute Gasteiger partial charge is 0.252 e. The maximum absolute atomic E-state index is 12.5. The van der Waals surface area contributed by atoms with Gasteiger partial charge >= 0.3 is 0 Å². The molecule has 24 heavy (non-hydrogen) atoms. The summed E-state index contributed by atoms with van der Waals surface area (Å²) in [5.74, 6) is 2.19. The van der Waals surface area contributed by atoms with Gasteiger partial charge in [-0.2, -0.15) is 0 Å². The molecule has 1 heterocycles. The highest BCUT2D eigenvalue weighted by Crippen LogP contribution is 2.30. The number of carbonyl (C=O) groups excluding carboxylic acids is 1. The van der Waals surface area contributed by atoms with E-state index in [0.717, 1.165) is 42.3 Å². The quantitative estimate of drug-likeness (QED) is 0.703. The van der Waals surface area contributed by atoms with E-state index in [9.17, 15) is 4.79 Å². The number of benzene rings is 1. The summed E-state index contributed by atoms with van der Waals surface area (Å²) in [5, 5.41) is 6.34. The Balaban J connectivity index is 1.80. The molecule has 6 heteroatoms. The van der Waals surface area contributed by atoms with Crippen LogP contribution in [0.1, 0.15) is 19.8 Å². The van der Waals surface area contributed by atoms with Crippen LogP contribution >= 0.6 is 11.8 Å². The summed E-state index contributed by atoms with van der Waals surface area (Å²) in [5.41, 5.74) is -0.666. The van der Waals surface area contributed by atoms with Crippen LogP contribution in [0.3, 0.4) is 0 Å². The molecule has 1 aromatic rings. The molecule has 2 N–H and O–H groups in total. The Kier molecular flexibility index (Phi) is 7.40. The fourth-order valence-electron chi connectivity index (χ4n) is 2.81. The zero-order valence-electron chi connectivity index (χ0n) is 14.8. The molecule has 2 rings (SSSR count). The van der Waals surface area contributed by atoms with Gasteiger partial charge in [-0.15, -0.1) is 11.8 Å². The predicted octanol–water partition coefficient (Wildman–Crippen LogP) is 2.31. The van der Waals surface area contributed by atoms with E-state index in [1.807, 2.05) is 18.2 Å². The maximum atomic E-state index is 12.5. The molecule has 1 unspecified atom stereocenters. The van der Waals surface area contributed by atoms with Gasteiger partial charge < -0.3 is 20.1 Å². The second-order valence-corrected chi connectivity index (χ2v) is 7.29. The first-order valence-corrected chi connectivity index (χ1v) is 9.40. The van der Waals surface area contributed by atoms with E-state index in [0.29, 0.717) is 12.5 Å². The number of nitrogens with one attached hydrogen (secondary N) is 2. The lowest BCUT2D eigenvalue weighted by molar-refractivity contribution is -0.146. The Morgan fingerprint density at radius 3 is 2.71 bits per heavy atom. The molecular weight excluding hydrogens is 324 g/mol. The standard InChI is InChI=1S/C18H28N2O3S/c1-14(13-24-16-7-5-4-6-15(16)22-2)12-20-17(21)18(23-3)8-10-19-11-9-18/h4-7,14,19H,8-13H2,1-3H3,(H,20,21). The second-order valence-electron chi connectivity index (χ2n) is 6.23. The van der Waals surface area contributed by atoms with Crippen molar-refractivity contribution in [2.45, 2.75) is 30.3 Å². The van der Waals surface area contributed by atoms with Gasteiger partial charge in [0.25, 0.3) is 5.91 Å². The van der Waals surface area contributed by atoms with Gasteiger partial charge in [0, 0.05) is 24.3 Å². The van der Waals surface area contributed by atoms with E-state index in [1.165, 1.54) is 0 Å². The number of amides is 1. The lowest BCUT2D eigenvalue weighted by Gasteiger charge is -2.35. The van der Waals surface area contributed by atoms with Crippen LogP contribution in [0.2, 0.25) is 0 Å². The third-order valence-corrected chi connectivity index (χ3v) is 5.80. The van der Waals surface area contributed by atoms with Crippen molar-refractivity contribution < 1.29 is 14.3 Å². The van der Waals surface area contributed by atoms with Gasteiger partial charge in [-0.25, -0.2) is 0 Å². The van der Waals surface area contributed by atoms with Crippen LogP contribution in [-0.2, 0) is 9.53 Å². The minimum atomic E-state index is -0.666. The predicted molar refractivity (Wildman–Crippen MR) is 97.7 cm³/mol. The van der Waals surface area contributed by atoms with Crippen molar-refractivity contribution in [1.29, 1.82) is 0 Å². The lowest BCUT2D eigenvalue weighted by atomic mass is 9.91. The Labute approximate surface area is 148 Å². The summed E-state index contributed by atoms with van der Waals surface area (Å²) in [4.78, 5) is 13.7. The molecule has 0 radical (unpaired) electrons. The van der Waals surface area contributed by atoms with Gasteiger partial charge in [-0.05, 0) is 44.0 Å². The SMILES string of the molecule is COc1ccccc1SCC(C)CNC(=O)C1(OC)CCNCC1. The zero-order chi connectivity index (χ0) is 17.4. The number of hydrogen-bond acceptors (Lipinski definition) is 5. The summed E-state index contributed by atoms with van der Waals surface area (Å²) in [7, 11) is 3.32. The second kappa shape index (κ2) is 9.30. The van der Waals surface area contributed by atoms with Gasteiger partial charge in [-0.1, -0.05) is 19.1 Å². The van der Waals surface area contributed by atoms with Crippen LogP contribution in [0.25, 0.3) is 0 Å².